The third-order valence-electron chi connectivity index (χ3n) is 3.93. The van der Waals surface area contributed by atoms with E-state index < -0.39 is 0 Å². The second-order valence-corrected chi connectivity index (χ2v) is 7.74. The molecule has 0 bridgehead atoms. The van der Waals surface area contributed by atoms with Gasteiger partial charge >= 0.3 is 0 Å². The van der Waals surface area contributed by atoms with Crippen LogP contribution in [0.5, 0.6) is 0 Å². The van der Waals surface area contributed by atoms with Crippen molar-refractivity contribution in [2.45, 2.75) is 31.0 Å². The highest BCUT2D eigenvalue weighted by Gasteiger charge is 2.18. The number of nitrogens with zero attached hydrogens (tertiary/aromatic N) is 4. The van der Waals surface area contributed by atoms with Crippen molar-refractivity contribution < 1.29 is 0 Å². The van der Waals surface area contributed by atoms with E-state index in [0.29, 0.717) is 0 Å². The molecule has 6 heteroatoms. The maximum atomic E-state index is 4.29. The fraction of sp³-hybridized carbons (Fsp3) is 0.600. The number of hydrogen-bond acceptors (Lipinski definition) is 5. The van der Waals surface area contributed by atoms with E-state index in [1.165, 1.54) is 30.8 Å². The van der Waals surface area contributed by atoms with Crippen LogP contribution in [0, 0.1) is 5.92 Å². The van der Waals surface area contributed by atoms with Crippen molar-refractivity contribution in [3.8, 4) is 0 Å². The largest absolute Gasteiger partial charge is 0.308 e. The van der Waals surface area contributed by atoms with Gasteiger partial charge in [-0.15, -0.1) is 21.5 Å². The number of likely N-dealkylation sites (tertiary alicyclic amines) is 1. The molecule has 0 spiro atoms. The quantitative estimate of drug-likeness (QED) is 0.766. The van der Waals surface area contributed by atoms with Crippen molar-refractivity contribution >= 4 is 23.1 Å². The molecule has 3 heterocycles. The molecule has 1 atom stereocenters. The summed E-state index contributed by atoms with van der Waals surface area (Å²) in [5.41, 5.74) is 0. The average Bonchev–Trinajstić information content (AvgIpc) is 3.14. The molecule has 4 nitrogen and oxygen atoms in total. The van der Waals surface area contributed by atoms with Gasteiger partial charge in [0.15, 0.2) is 5.16 Å². The zero-order valence-electron chi connectivity index (χ0n) is 12.4. The molecule has 1 saturated heterocycles. The van der Waals surface area contributed by atoms with Crippen LogP contribution in [-0.4, -0.2) is 45.6 Å². The monoisotopic (exact) mass is 322 g/mol. The SMILES string of the molecule is CN1CCCC(CSc2nncn2CCc2cccs2)C1. The molecule has 2 aromatic heterocycles. The van der Waals surface area contributed by atoms with Gasteiger partial charge in [-0.3, -0.25) is 0 Å². The van der Waals surface area contributed by atoms with E-state index in [9.17, 15) is 0 Å². The first-order valence-electron chi connectivity index (χ1n) is 7.53. The maximum absolute atomic E-state index is 4.29. The molecule has 1 unspecified atom stereocenters. The second kappa shape index (κ2) is 7.42. The van der Waals surface area contributed by atoms with Crippen molar-refractivity contribution in [2.24, 2.45) is 5.92 Å². The standard InChI is InChI=1S/C15H22N4S2/c1-18-7-2-4-13(10-18)11-21-15-17-16-12-19(15)8-6-14-5-3-9-20-14/h3,5,9,12-13H,2,4,6-8,10-11H2,1H3. The average molecular weight is 323 g/mol. The van der Waals surface area contributed by atoms with Crippen molar-refractivity contribution in [1.29, 1.82) is 0 Å². The van der Waals surface area contributed by atoms with E-state index in [1.807, 2.05) is 29.4 Å². The van der Waals surface area contributed by atoms with Gasteiger partial charge in [-0.1, -0.05) is 17.8 Å². The minimum absolute atomic E-state index is 0.788. The van der Waals surface area contributed by atoms with E-state index in [4.69, 9.17) is 0 Å². The van der Waals surface area contributed by atoms with E-state index >= 15 is 0 Å². The Morgan fingerprint density at radius 1 is 1.48 bits per heavy atom. The molecule has 0 aliphatic carbocycles. The van der Waals surface area contributed by atoms with Gasteiger partial charge < -0.3 is 9.47 Å². The lowest BCUT2D eigenvalue weighted by molar-refractivity contribution is 0.224. The van der Waals surface area contributed by atoms with Gasteiger partial charge in [-0.25, -0.2) is 0 Å². The smallest absolute Gasteiger partial charge is 0.191 e. The van der Waals surface area contributed by atoms with E-state index in [2.05, 4.69) is 44.2 Å². The molecule has 1 aliphatic rings. The molecule has 1 aliphatic heterocycles. The first-order chi connectivity index (χ1) is 10.3. The predicted octanol–water partition coefficient (Wildman–Crippen LogP) is 3.02. The molecule has 21 heavy (non-hydrogen) atoms. The molecule has 3 rings (SSSR count). The molecule has 114 valence electrons. The van der Waals surface area contributed by atoms with Gasteiger partial charge in [0.1, 0.15) is 6.33 Å². The first kappa shape index (κ1) is 15.1. The van der Waals surface area contributed by atoms with Crippen LogP contribution in [0.3, 0.4) is 0 Å². The molecule has 0 radical (unpaired) electrons. The highest BCUT2D eigenvalue weighted by molar-refractivity contribution is 7.99. The van der Waals surface area contributed by atoms with Crippen molar-refractivity contribution in [1.82, 2.24) is 19.7 Å². The van der Waals surface area contributed by atoms with Crippen molar-refractivity contribution in [3.05, 3.63) is 28.7 Å². The van der Waals surface area contributed by atoms with Crippen molar-refractivity contribution in [3.63, 3.8) is 0 Å². The number of aromatic nitrogens is 3. The number of hydrogen-bond donors (Lipinski definition) is 0. The summed E-state index contributed by atoms with van der Waals surface area (Å²) in [6.07, 6.45) is 5.60. The lowest BCUT2D eigenvalue weighted by atomic mass is 10.0. The van der Waals surface area contributed by atoms with Crippen LogP contribution >= 0.6 is 23.1 Å². The number of rotatable bonds is 6. The van der Waals surface area contributed by atoms with Crippen LogP contribution in [0.15, 0.2) is 29.0 Å². The summed E-state index contributed by atoms with van der Waals surface area (Å²) in [4.78, 5) is 3.87. The molecular weight excluding hydrogens is 300 g/mol. The molecule has 0 amide bonds. The Kier molecular flexibility index (Phi) is 5.32. The Bertz CT molecular complexity index is 538. The topological polar surface area (TPSA) is 34.0 Å². The highest BCUT2D eigenvalue weighted by atomic mass is 32.2. The first-order valence-corrected chi connectivity index (χ1v) is 9.39. The highest BCUT2D eigenvalue weighted by Crippen LogP contribution is 2.24. The maximum Gasteiger partial charge on any atom is 0.191 e. The summed E-state index contributed by atoms with van der Waals surface area (Å²) in [6, 6.07) is 4.31. The number of thioether (sulfide) groups is 1. The van der Waals surface area contributed by atoms with Gasteiger partial charge in [0.05, 0.1) is 0 Å². The van der Waals surface area contributed by atoms with E-state index in [-0.39, 0.29) is 0 Å². The Balaban J connectivity index is 1.50. The second-order valence-electron chi connectivity index (χ2n) is 5.72. The summed E-state index contributed by atoms with van der Waals surface area (Å²) >= 11 is 3.69. The molecule has 0 N–H and O–H groups in total. The summed E-state index contributed by atoms with van der Waals surface area (Å²) in [5.74, 6) is 1.94. The minimum atomic E-state index is 0.788. The lowest BCUT2D eigenvalue weighted by Crippen LogP contribution is -2.33. The summed E-state index contributed by atoms with van der Waals surface area (Å²) < 4.78 is 2.19. The van der Waals surface area contributed by atoms with Gasteiger partial charge in [0.2, 0.25) is 0 Å². The minimum Gasteiger partial charge on any atom is -0.308 e. The zero-order chi connectivity index (χ0) is 14.5. The van der Waals surface area contributed by atoms with Crippen LogP contribution < -0.4 is 0 Å². The van der Waals surface area contributed by atoms with Crippen LogP contribution in [0.25, 0.3) is 0 Å². The molecular formula is C15H22N4S2. The molecule has 2 aromatic rings. The third-order valence-corrected chi connectivity index (χ3v) is 6.08. The van der Waals surface area contributed by atoms with Crippen LogP contribution in [0.2, 0.25) is 0 Å². The van der Waals surface area contributed by atoms with Gasteiger partial charge in [-0.05, 0) is 50.2 Å². The van der Waals surface area contributed by atoms with E-state index in [1.54, 1.807) is 0 Å². The number of thiophene rings is 1. The Hall–Kier alpha value is -0.850. The third kappa shape index (κ3) is 4.31. The van der Waals surface area contributed by atoms with Gasteiger partial charge in [0.25, 0.3) is 0 Å². The predicted molar refractivity (Wildman–Crippen MR) is 89.0 cm³/mol. The van der Waals surface area contributed by atoms with Gasteiger partial charge in [0, 0.05) is 23.7 Å². The van der Waals surface area contributed by atoms with Gasteiger partial charge in [-0.2, -0.15) is 0 Å². The van der Waals surface area contributed by atoms with Crippen LogP contribution in [0.1, 0.15) is 17.7 Å². The summed E-state index contributed by atoms with van der Waals surface area (Å²) in [5, 5.41) is 11.6. The normalized spacial score (nSPS) is 20.0. The Morgan fingerprint density at radius 2 is 2.43 bits per heavy atom. The van der Waals surface area contributed by atoms with Crippen molar-refractivity contribution in [2.75, 3.05) is 25.9 Å². The fourth-order valence-corrected chi connectivity index (χ4v) is 4.56. The summed E-state index contributed by atoms with van der Waals surface area (Å²) in [7, 11) is 2.22. The number of piperidine rings is 1. The molecule has 1 fully saturated rings. The van der Waals surface area contributed by atoms with Crippen LogP contribution in [0.4, 0.5) is 0 Å². The van der Waals surface area contributed by atoms with E-state index in [0.717, 1.165) is 29.8 Å². The van der Waals surface area contributed by atoms with Crippen LogP contribution in [-0.2, 0) is 13.0 Å². The molecule has 0 saturated carbocycles. The zero-order valence-corrected chi connectivity index (χ0v) is 14.1. The Morgan fingerprint density at radius 3 is 3.24 bits per heavy atom. The summed E-state index contributed by atoms with van der Waals surface area (Å²) in [6.45, 7) is 3.44. The Labute approximate surface area is 134 Å². The lowest BCUT2D eigenvalue weighted by Gasteiger charge is -2.29. The molecule has 0 aromatic carbocycles. The number of aryl methyl sites for hydroxylation is 2. The fourth-order valence-electron chi connectivity index (χ4n) is 2.80.